The van der Waals surface area contributed by atoms with Gasteiger partial charge in [0.25, 0.3) is 0 Å². The number of thiophene rings is 1. The highest BCUT2D eigenvalue weighted by Gasteiger charge is 2.18. The van der Waals surface area contributed by atoms with Crippen molar-refractivity contribution >= 4 is 39.2 Å². The molecule has 124 valence electrons. The van der Waals surface area contributed by atoms with Crippen molar-refractivity contribution in [1.29, 1.82) is 0 Å². The lowest BCUT2D eigenvalue weighted by Crippen LogP contribution is -2.38. The lowest BCUT2D eigenvalue weighted by atomic mass is 10.2. The molecule has 0 aliphatic rings. The fourth-order valence-electron chi connectivity index (χ4n) is 2.18. The van der Waals surface area contributed by atoms with Crippen LogP contribution in [0.5, 0.6) is 0 Å². The second kappa shape index (κ2) is 6.91. The van der Waals surface area contributed by atoms with Crippen molar-refractivity contribution in [3.05, 3.63) is 16.3 Å². The minimum Gasteiger partial charge on any atom is -0.481 e. The molecule has 0 aromatic carbocycles. The van der Waals surface area contributed by atoms with Crippen LogP contribution in [0.2, 0.25) is 0 Å². The van der Waals surface area contributed by atoms with E-state index >= 15 is 0 Å². The molecule has 1 unspecified atom stereocenters. The number of carboxylic acid groups (broad SMARTS) is 1. The van der Waals surface area contributed by atoms with Gasteiger partial charge in [-0.2, -0.15) is 0 Å². The first-order chi connectivity index (χ1) is 10.8. The summed E-state index contributed by atoms with van der Waals surface area (Å²) in [6, 6.07) is -0.527. The van der Waals surface area contributed by atoms with Gasteiger partial charge in [0.05, 0.1) is 11.8 Å². The predicted octanol–water partition coefficient (Wildman–Crippen LogP) is 2.01. The third-order valence-corrected chi connectivity index (χ3v) is 4.63. The lowest BCUT2D eigenvalue weighted by molar-refractivity contribution is -0.136. The number of rotatable bonds is 6. The van der Waals surface area contributed by atoms with Gasteiger partial charge < -0.3 is 15.7 Å². The van der Waals surface area contributed by atoms with E-state index in [4.69, 9.17) is 5.11 Å². The number of hydrogen-bond donors (Lipinski definition) is 3. The maximum atomic E-state index is 12.0. The standard InChI is InChI=1S/C15H20N4O3S/c1-7-9(3)23-15-12(7)13(18-10(4)19-15)17-8(2)14(22)16-6-5-11(20)21/h8H,5-6H2,1-4H3,(H,16,22)(H,20,21)(H,17,18,19). The van der Waals surface area contributed by atoms with E-state index in [1.807, 2.05) is 20.8 Å². The summed E-state index contributed by atoms with van der Waals surface area (Å²) in [4.78, 5) is 33.4. The SMILES string of the molecule is Cc1nc(NC(C)C(=O)NCCC(=O)O)c2c(C)c(C)sc2n1. The Morgan fingerprint density at radius 1 is 1.26 bits per heavy atom. The van der Waals surface area contributed by atoms with Gasteiger partial charge in [0, 0.05) is 11.4 Å². The van der Waals surface area contributed by atoms with Gasteiger partial charge in [0.1, 0.15) is 22.5 Å². The number of anilines is 1. The summed E-state index contributed by atoms with van der Waals surface area (Å²) in [5.74, 6) is 0.0682. The number of aromatic nitrogens is 2. The minimum absolute atomic E-state index is 0.0991. The van der Waals surface area contributed by atoms with Gasteiger partial charge in [-0.1, -0.05) is 0 Å². The number of nitrogens with one attached hydrogen (secondary N) is 2. The van der Waals surface area contributed by atoms with Gasteiger partial charge in [0.2, 0.25) is 5.91 Å². The molecule has 2 heterocycles. The van der Waals surface area contributed by atoms with E-state index in [0.717, 1.165) is 15.8 Å². The number of aryl methyl sites for hydroxylation is 3. The summed E-state index contributed by atoms with van der Waals surface area (Å²) >= 11 is 1.60. The van der Waals surface area contributed by atoms with Gasteiger partial charge in [-0.25, -0.2) is 9.97 Å². The third-order valence-electron chi connectivity index (χ3n) is 3.53. The Kier molecular flexibility index (Phi) is 5.15. The van der Waals surface area contributed by atoms with Crippen molar-refractivity contribution in [2.45, 2.75) is 40.2 Å². The second-order valence-electron chi connectivity index (χ2n) is 5.38. The predicted molar refractivity (Wildman–Crippen MR) is 90.0 cm³/mol. The third kappa shape index (κ3) is 3.95. The first kappa shape index (κ1) is 17.1. The van der Waals surface area contributed by atoms with Gasteiger partial charge in [-0.3, -0.25) is 9.59 Å². The van der Waals surface area contributed by atoms with Crippen LogP contribution in [0.3, 0.4) is 0 Å². The highest BCUT2D eigenvalue weighted by Crippen LogP contribution is 2.33. The highest BCUT2D eigenvalue weighted by molar-refractivity contribution is 7.18. The Morgan fingerprint density at radius 3 is 2.61 bits per heavy atom. The monoisotopic (exact) mass is 336 g/mol. The quantitative estimate of drug-likeness (QED) is 0.745. The first-order valence-electron chi connectivity index (χ1n) is 7.30. The van der Waals surface area contributed by atoms with Crippen LogP contribution in [0.25, 0.3) is 10.2 Å². The molecule has 3 N–H and O–H groups in total. The molecule has 2 aromatic rings. The van der Waals surface area contributed by atoms with Crippen LogP contribution in [-0.4, -0.2) is 39.5 Å². The molecule has 1 atom stereocenters. The molecule has 2 aromatic heterocycles. The van der Waals surface area contributed by atoms with Gasteiger partial charge in [0.15, 0.2) is 0 Å². The lowest BCUT2D eigenvalue weighted by Gasteiger charge is -2.15. The number of fused-ring (bicyclic) bond motifs is 1. The van der Waals surface area contributed by atoms with Crippen molar-refractivity contribution in [1.82, 2.24) is 15.3 Å². The molecule has 0 saturated carbocycles. The normalized spacial score (nSPS) is 12.2. The Hall–Kier alpha value is -2.22. The molecular weight excluding hydrogens is 316 g/mol. The first-order valence-corrected chi connectivity index (χ1v) is 8.11. The second-order valence-corrected chi connectivity index (χ2v) is 6.59. The molecule has 0 aliphatic heterocycles. The Morgan fingerprint density at radius 2 is 1.96 bits per heavy atom. The van der Waals surface area contributed by atoms with E-state index in [9.17, 15) is 9.59 Å². The zero-order valence-corrected chi connectivity index (χ0v) is 14.4. The van der Waals surface area contributed by atoms with Gasteiger partial charge in [-0.05, 0) is 33.3 Å². The number of nitrogens with zero attached hydrogens (tertiary/aromatic N) is 2. The van der Waals surface area contributed by atoms with Crippen LogP contribution in [0.4, 0.5) is 5.82 Å². The Labute approximate surface area is 138 Å². The summed E-state index contributed by atoms with van der Waals surface area (Å²) in [6.07, 6.45) is -0.0991. The molecule has 0 bridgehead atoms. The molecule has 1 amide bonds. The summed E-state index contributed by atoms with van der Waals surface area (Å²) in [7, 11) is 0. The van der Waals surface area contributed by atoms with Gasteiger partial charge in [-0.15, -0.1) is 11.3 Å². The maximum absolute atomic E-state index is 12.0. The number of carbonyl (C=O) groups is 2. The van der Waals surface area contributed by atoms with E-state index < -0.39 is 12.0 Å². The van der Waals surface area contributed by atoms with Crippen LogP contribution in [0.15, 0.2) is 0 Å². The summed E-state index contributed by atoms with van der Waals surface area (Å²) < 4.78 is 0. The van der Waals surface area contributed by atoms with Crippen molar-refractivity contribution in [3.8, 4) is 0 Å². The average Bonchev–Trinajstić information content (AvgIpc) is 2.73. The fourth-order valence-corrected chi connectivity index (χ4v) is 3.25. The Bertz CT molecular complexity index is 757. The summed E-state index contributed by atoms with van der Waals surface area (Å²) in [6.45, 7) is 7.67. The van der Waals surface area contributed by atoms with Crippen molar-refractivity contribution in [2.75, 3.05) is 11.9 Å². The van der Waals surface area contributed by atoms with Crippen LogP contribution < -0.4 is 10.6 Å². The molecule has 0 saturated heterocycles. The van der Waals surface area contributed by atoms with Crippen molar-refractivity contribution in [3.63, 3.8) is 0 Å². The fraction of sp³-hybridized carbons (Fsp3) is 0.467. The number of amides is 1. The Balaban J connectivity index is 2.17. The molecule has 0 aliphatic carbocycles. The average molecular weight is 336 g/mol. The molecule has 0 spiro atoms. The smallest absolute Gasteiger partial charge is 0.305 e. The maximum Gasteiger partial charge on any atom is 0.305 e. The van der Waals surface area contributed by atoms with Gasteiger partial charge >= 0.3 is 5.97 Å². The summed E-state index contributed by atoms with van der Waals surface area (Å²) in [5, 5.41) is 15.2. The zero-order chi connectivity index (χ0) is 17.1. The largest absolute Gasteiger partial charge is 0.481 e. The van der Waals surface area contributed by atoms with E-state index in [2.05, 4.69) is 20.6 Å². The van der Waals surface area contributed by atoms with E-state index in [0.29, 0.717) is 11.6 Å². The number of carbonyl (C=O) groups excluding carboxylic acids is 1. The molecule has 0 radical (unpaired) electrons. The molecule has 0 fully saturated rings. The van der Waals surface area contributed by atoms with Crippen LogP contribution >= 0.6 is 11.3 Å². The molecule has 23 heavy (non-hydrogen) atoms. The molecule has 7 nitrogen and oxygen atoms in total. The molecule has 8 heteroatoms. The van der Waals surface area contributed by atoms with E-state index in [1.165, 1.54) is 4.88 Å². The van der Waals surface area contributed by atoms with Crippen molar-refractivity contribution < 1.29 is 14.7 Å². The van der Waals surface area contributed by atoms with Crippen molar-refractivity contribution in [2.24, 2.45) is 0 Å². The topological polar surface area (TPSA) is 104 Å². The number of hydrogen-bond acceptors (Lipinski definition) is 6. The van der Waals surface area contributed by atoms with E-state index in [1.54, 1.807) is 18.3 Å². The summed E-state index contributed by atoms with van der Waals surface area (Å²) in [5.41, 5.74) is 1.10. The minimum atomic E-state index is -0.941. The highest BCUT2D eigenvalue weighted by atomic mass is 32.1. The molecular formula is C15H20N4O3S. The number of carboxylic acids is 1. The number of aliphatic carboxylic acids is 1. The van der Waals surface area contributed by atoms with Crippen LogP contribution in [0, 0.1) is 20.8 Å². The molecule has 2 rings (SSSR count). The van der Waals surface area contributed by atoms with Crippen LogP contribution in [-0.2, 0) is 9.59 Å². The van der Waals surface area contributed by atoms with E-state index in [-0.39, 0.29) is 18.9 Å². The van der Waals surface area contributed by atoms with Crippen LogP contribution in [0.1, 0.15) is 29.6 Å². The zero-order valence-electron chi connectivity index (χ0n) is 13.6.